The Bertz CT molecular complexity index is 1090. The monoisotopic (exact) mass is 545 g/mol. The van der Waals surface area contributed by atoms with Crippen LogP contribution in [0.2, 0.25) is 0 Å². The Morgan fingerprint density at radius 1 is 1.12 bits per heavy atom. The first-order valence-electron chi connectivity index (χ1n) is 11.7. The molecule has 2 fully saturated rings. The molecule has 1 N–H and O–H groups in total. The third-order valence-electron chi connectivity index (χ3n) is 7.08. The van der Waals surface area contributed by atoms with E-state index in [9.17, 15) is 0 Å². The Balaban J connectivity index is 1.37. The molecular weight excluding hydrogens is 511 g/mol. The molecule has 7 heteroatoms. The average Bonchev–Trinajstić information content (AvgIpc) is 3.05. The Morgan fingerprint density at radius 3 is 2.72 bits per heavy atom. The van der Waals surface area contributed by atoms with Crippen LogP contribution in [0.4, 0.5) is 5.69 Å². The van der Waals surface area contributed by atoms with Gasteiger partial charge >= 0.3 is 202 Å². The van der Waals surface area contributed by atoms with Crippen LogP contribution >= 0.6 is 0 Å². The molecule has 3 aliphatic heterocycles. The predicted molar refractivity (Wildman–Crippen MR) is 127 cm³/mol. The van der Waals surface area contributed by atoms with Gasteiger partial charge in [0.05, 0.1) is 0 Å². The van der Waals surface area contributed by atoms with E-state index in [1.807, 2.05) is 17.9 Å². The first-order valence-corrected chi connectivity index (χ1v) is 14.1. The summed E-state index contributed by atoms with van der Waals surface area (Å²) in [5, 5.41) is 9.11. The number of nitrogens with one attached hydrogen (secondary N) is 1. The van der Waals surface area contributed by atoms with Gasteiger partial charge in [-0.25, -0.2) is 0 Å². The SMILES string of the molecule is CC1=C(C2CCN(c3cc(C)nc4c3cnn4C)CC2C)C=C[I-]C(N2CCNCC2)=C1. The molecule has 2 aromatic heterocycles. The van der Waals surface area contributed by atoms with Gasteiger partial charge in [0.25, 0.3) is 0 Å². The van der Waals surface area contributed by atoms with Crippen LogP contribution in [0.15, 0.2) is 43.3 Å². The second-order valence-electron chi connectivity index (χ2n) is 9.35. The molecule has 0 aliphatic carbocycles. The average molecular weight is 545 g/mol. The summed E-state index contributed by atoms with van der Waals surface area (Å²) in [5.41, 5.74) is 6.38. The van der Waals surface area contributed by atoms with E-state index >= 15 is 0 Å². The molecule has 2 aromatic rings. The number of piperazine rings is 1. The van der Waals surface area contributed by atoms with Gasteiger partial charge in [0, 0.05) is 0 Å². The van der Waals surface area contributed by atoms with E-state index < -0.39 is 0 Å². The molecule has 32 heavy (non-hydrogen) atoms. The zero-order valence-corrected chi connectivity index (χ0v) is 21.8. The molecular formula is C25H34IN6-. The number of hydrogen-bond acceptors (Lipinski definition) is 5. The van der Waals surface area contributed by atoms with Crippen LogP contribution in [0.1, 0.15) is 26.0 Å². The fraction of sp³-hybridized carbons (Fsp3) is 0.520. The number of allylic oxidation sites excluding steroid dienone is 4. The number of anilines is 1. The topological polar surface area (TPSA) is 49.2 Å². The number of fused-ring (bicyclic) bond motifs is 1. The molecule has 5 heterocycles. The summed E-state index contributed by atoms with van der Waals surface area (Å²) in [4.78, 5) is 9.88. The maximum absolute atomic E-state index is 4.71. The normalized spacial score (nSPS) is 25.1. The summed E-state index contributed by atoms with van der Waals surface area (Å²) in [5.74, 6) is 1.23. The van der Waals surface area contributed by atoms with Crippen LogP contribution in [-0.4, -0.2) is 58.9 Å². The van der Waals surface area contributed by atoms with Crippen molar-refractivity contribution in [2.75, 3.05) is 44.2 Å². The molecule has 2 saturated heterocycles. The molecule has 0 spiro atoms. The third-order valence-corrected chi connectivity index (χ3v) is 9.44. The summed E-state index contributed by atoms with van der Waals surface area (Å²) >= 11 is -0.0525. The Kier molecular flexibility index (Phi) is 6.29. The van der Waals surface area contributed by atoms with E-state index in [0.29, 0.717) is 11.8 Å². The first-order chi connectivity index (χ1) is 15.5. The fourth-order valence-electron chi connectivity index (χ4n) is 5.35. The summed E-state index contributed by atoms with van der Waals surface area (Å²) < 4.78 is 5.98. The molecule has 2 atom stereocenters. The van der Waals surface area contributed by atoms with Gasteiger partial charge in [0.1, 0.15) is 0 Å². The minimum absolute atomic E-state index is 0.0525. The van der Waals surface area contributed by atoms with E-state index in [1.165, 1.54) is 23.1 Å². The van der Waals surface area contributed by atoms with Crippen molar-refractivity contribution in [3.05, 3.63) is 49.0 Å². The summed E-state index contributed by atoms with van der Waals surface area (Å²) in [6.07, 6.45) is 8.15. The number of aryl methyl sites for hydroxylation is 2. The molecule has 2 unspecified atom stereocenters. The first kappa shape index (κ1) is 21.9. The zero-order valence-electron chi connectivity index (χ0n) is 19.6. The van der Waals surface area contributed by atoms with Gasteiger partial charge in [0.2, 0.25) is 0 Å². The number of rotatable bonds is 3. The van der Waals surface area contributed by atoms with E-state index in [1.54, 1.807) is 9.28 Å². The van der Waals surface area contributed by atoms with Gasteiger partial charge < -0.3 is 0 Å². The maximum atomic E-state index is 4.71. The van der Waals surface area contributed by atoms with Crippen LogP contribution in [0, 0.1) is 18.8 Å². The van der Waals surface area contributed by atoms with Crippen LogP contribution in [0.5, 0.6) is 0 Å². The van der Waals surface area contributed by atoms with Crippen LogP contribution in [0.25, 0.3) is 11.0 Å². The molecule has 6 nitrogen and oxygen atoms in total. The standard InChI is InChI=1S/C25H34IN6/c1-17-13-24(31-11-8-27-9-12-31)26-7-5-20(17)21-6-10-32(16-18(21)2)23-14-19(3)29-25-22(23)15-28-30(25)4/h5,7,13-15,18,21,27H,6,8-12,16H2,1-4H3/q-1. The van der Waals surface area contributed by atoms with Crippen molar-refractivity contribution >= 4 is 16.7 Å². The zero-order chi connectivity index (χ0) is 22.2. The van der Waals surface area contributed by atoms with Gasteiger partial charge in [0.15, 0.2) is 0 Å². The number of aromatic nitrogens is 3. The van der Waals surface area contributed by atoms with Gasteiger partial charge in [-0.2, -0.15) is 0 Å². The number of piperidine rings is 1. The van der Waals surface area contributed by atoms with Crippen molar-refractivity contribution in [3.63, 3.8) is 0 Å². The van der Waals surface area contributed by atoms with Gasteiger partial charge in [-0.3, -0.25) is 0 Å². The van der Waals surface area contributed by atoms with Crippen molar-refractivity contribution in [2.45, 2.75) is 27.2 Å². The minimum atomic E-state index is -0.0525. The van der Waals surface area contributed by atoms with Crippen molar-refractivity contribution in [1.82, 2.24) is 25.0 Å². The van der Waals surface area contributed by atoms with Crippen molar-refractivity contribution in [1.29, 1.82) is 0 Å². The van der Waals surface area contributed by atoms with Gasteiger partial charge in [-0.05, 0) is 0 Å². The molecule has 0 bridgehead atoms. The molecule has 0 amide bonds. The van der Waals surface area contributed by atoms with Crippen LogP contribution in [-0.2, 0) is 7.05 Å². The summed E-state index contributed by atoms with van der Waals surface area (Å²) in [6, 6.07) is 2.24. The fourth-order valence-corrected chi connectivity index (χ4v) is 7.81. The molecule has 0 saturated carbocycles. The van der Waals surface area contributed by atoms with Gasteiger partial charge in [-0.15, -0.1) is 0 Å². The second kappa shape index (κ2) is 9.17. The third kappa shape index (κ3) is 4.21. The van der Waals surface area contributed by atoms with Crippen molar-refractivity contribution in [2.24, 2.45) is 18.9 Å². The van der Waals surface area contributed by atoms with E-state index in [-0.39, 0.29) is 21.2 Å². The molecule has 0 aromatic carbocycles. The Labute approximate surface area is 201 Å². The summed E-state index contributed by atoms with van der Waals surface area (Å²) in [6.45, 7) is 13.5. The molecule has 3 aliphatic rings. The number of pyridine rings is 1. The van der Waals surface area contributed by atoms with Gasteiger partial charge in [-0.1, -0.05) is 0 Å². The predicted octanol–water partition coefficient (Wildman–Crippen LogP) is 0.419. The number of hydrogen-bond donors (Lipinski definition) is 1. The van der Waals surface area contributed by atoms with Crippen LogP contribution < -0.4 is 31.4 Å². The number of halogens is 1. The number of nitrogens with zero attached hydrogens (tertiary/aromatic N) is 5. The Morgan fingerprint density at radius 2 is 1.94 bits per heavy atom. The van der Waals surface area contributed by atoms with E-state index in [2.05, 4.69) is 63.3 Å². The van der Waals surface area contributed by atoms with E-state index in [0.717, 1.165) is 50.6 Å². The van der Waals surface area contributed by atoms with E-state index in [4.69, 9.17) is 4.98 Å². The Hall–Kier alpha value is -1.87. The summed E-state index contributed by atoms with van der Waals surface area (Å²) in [7, 11) is 1.98. The molecule has 0 radical (unpaired) electrons. The molecule has 172 valence electrons. The van der Waals surface area contributed by atoms with Crippen molar-refractivity contribution < 1.29 is 21.2 Å². The molecule has 5 rings (SSSR count). The van der Waals surface area contributed by atoms with Crippen LogP contribution in [0.3, 0.4) is 0 Å². The second-order valence-corrected chi connectivity index (χ2v) is 11.8. The quantitative estimate of drug-likeness (QED) is 0.448. The van der Waals surface area contributed by atoms with Crippen molar-refractivity contribution in [3.8, 4) is 0 Å².